The van der Waals surface area contributed by atoms with Crippen molar-refractivity contribution in [1.82, 2.24) is 0 Å². The number of alkyl halides is 2. The highest BCUT2D eigenvalue weighted by Gasteiger charge is 2.29. The molecule has 0 bridgehead atoms. The highest BCUT2D eigenvalue weighted by Crippen LogP contribution is 2.39. The van der Waals surface area contributed by atoms with Crippen molar-refractivity contribution in [3.63, 3.8) is 0 Å². The minimum atomic E-state index is 0.848. The molecule has 1 aliphatic carbocycles. The molecule has 20 heavy (non-hydrogen) atoms. The predicted molar refractivity (Wildman–Crippen MR) is 109 cm³/mol. The second-order valence-corrected chi connectivity index (χ2v) is 10.7. The van der Waals surface area contributed by atoms with E-state index in [9.17, 15) is 0 Å². The minimum absolute atomic E-state index is 0.848. The monoisotopic (exact) mass is 504 g/mol. The van der Waals surface area contributed by atoms with E-state index >= 15 is 0 Å². The summed E-state index contributed by atoms with van der Waals surface area (Å²) in [4.78, 5) is 0. The summed E-state index contributed by atoms with van der Waals surface area (Å²) in [6, 6.07) is 0. The normalized spacial score (nSPS) is 31.4. The maximum Gasteiger partial charge on any atom is 0.0140 e. The van der Waals surface area contributed by atoms with E-state index in [-0.39, 0.29) is 0 Å². The third-order valence-corrected chi connectivity index (χ3v) is 8.77. The molecular weight excluding hydrogens is 470 g/mol. The molecule has 5 unspecified atom stereocenters. The molecule has 1 fully saturated rings. The lowest BCUT2D eigenvalue weighted by molar-refractivity contribution is 0.222. The van der Waals surface area contributed by atoms with Gasteiger partial charge in [-0.3, -0.25) is 0 Å². The van der Waals surface area contributed by atoms with Crippen molar-refractivity contribution in [1.29, 1.82) is 0 Å². The number of halogens is 2. The highest BCUT2D eigenvalue weighted by molar-refractivity contribution is 14.1. The van der Waals surface area contributed by atoms with Gasteiger partial charge in [0, 0.05) is 7.85 Å². The van der Waals surface area contributed by atoms with Gasteiger partial charge in [0.25, 0.3) is 0 Å². The second kappa shape index (κ2) is 9.57. The summed E-state index contributed by atoms with van der Waals surface area (Å²) in [6.45, 7) is 12.2. The van der Waals surface area contributed by atoms with Crippen LogP contribution in [0.4, 0.5) is 0 Å². The van der Waals surface area contributed by atoms with E-state index in [2.05, 4.69) is 79.8 Å². The molecule has 0 aromatic heterocycles. The topological polar surface area (TPSA) is 0 Å². The fraction of sp³-hybridized carbons (Fsp3) is 1.00. The fourth-order valence-electron chi connectivity index (χ4n) is 3.66. The molecule has 0 aromatic carbocycles. The second-order valence-electron chi connectivity index (χ2n) is 7.36. The Hall–Kier alpha value is 1.46. The molecule has 2 heteroatoms. The van der Waals surface area contributed by atoms with E-state index < -0.39 is 0 Å². The van der Waals surface area contributed by atoms with Crippen LogP contribution in [-0.2, 0) is 0 Å². The van der Waals surface area contributed by atoms with Gasteiger partial charge in [-0.25, -0.2) is 0 Å². The Balaban J connectivity index is 2.45. The lowest BCUT2D eigenvalue weighted by atomic mass is 9.75. The van der Waals surface area contributed by atoms with Crippen LogP contribution in [-0.4, -0.2) is 7.85 Å². The van der Waals surface area contributed by atoms with Crippen molar-refractivity contribution in [2.75, 3.05) is 0 Å². The van der Waals surface area contributed by atoms with Crippen LogP contribution in [0.25, 0.3) is 0 Å². The molecule has 0 aliphatic heterocycles. The molecule has 0 N–H and O–H groups in total. The Morgan fingerprint density at radius 1 is 1.05 bits per heavy atom. The predicted octanol–water partition coefficient (Wildman–Crippen LogP) is 7.13. The smallest absolute Gasteiger partial charge is 0.0140 e. The fourth-order valence-corrected chi connectivity index (χ4v) is 6.21. The van der Waals surface area contributed by atoms with Crippen LogP contribution in [0.1, 0.15) is 73.1 Å². The summed E-state index contributed by atoms with van der Waals surface area (Å²) in [5.41, 5.74) is 0. The molecule has 120 valence electrons. The molecule has 0 radical (unpaired) electrons. The number of rotatable bonds is 7. The Bertz CT molecular complexity index is 266. The molecule has 0 spiro atoms. The van der Waals surface area contributed by atoms with Gasteiger partial charge >= 0.3 is 0 Å². The minimum Gasteiger partial charge on any atom is -0.0826 e. The Morgan fingerprint density at radius 2 is 1.70 bits per heavy atom. The summed E-state index contributed by atoms with van der Waals surface area (Å²) in [5, 5.41) is 0. The van der Waals surface area contributed by atoms with Gasteiger partial charge in [-0.2, -0.15) is 0 Å². The summed E-state index contributed by atoms with van der Waals surface area (Å²) in [5.74, 6) is 4.49. The van der Waals surface area contributed by atoms with Crippen LogP contribution in [0.15, 0.2) is 0 Å². The van der Waals surface area contributed by atoms with Gasteiger partial charge in [0.1, 0.15) is 0 Å². The zero-order chi connectivity index (χ0) is 15.3. The molecule has 1 rings (SSSR count). The average molecular weight is 504 g/mol. The zero-order valence-corrected chi connectivity index (χ0v) is 18.4. The van der Waals surface area contributed by atoms with Crippen LogP contribution in [0.3, 0.4) is 0 Å². The Kier molecular flexibility index (Phi) is 9.33. The standard InChI is InChI=1S/C18H34I2/c1-6-12(2)14(4)15(5)18(20)10-13(3)16-8-7-9-17(19)11-16/h12-18H,6-11H2,1-5H3/t12?,13?,14-,15+,16?,17?,18?/m0/s1. The molecule has 1 saturated carbocycles. The first-order valence-corrected chi connectivity index (χ1v) is 11.1. The molecule has 0 aromatic rings. The maximum atomic E-state index is 2.75. The van der Waals surface area contributed by atoms with Gasteiger partial charge in [0.15, 0.2) is 0 Å². The number of hydrogen-bond donors (Lipinski definition) is 0. The molecule has 1 aliphatic rings. The molecular formula is C18H34I2. The Morgan fingerprint density at radius 3 is 2.25 bits per heavy atom. The van der Waals surface area contributed by atoms with Crippen LogP contribution >= 0.6 is 45.2 Å². The zero-order valence-electron chi connectivity index (χ0n) is 14.0. The number of hydrogen-bond acceptors (Lipinski definition) is 0. The van der Waals surface area contributed by atoms with Crippen LogP contribution in [0.2, 0.25) is 0 Å². The molecule has 7 atom stereocenters. The summed E-state index contributed by atoms with van der Waals surface area (Å²) in [6.07, 6.45) is 8.63. The molecule has 0 amide bonds. The van der Waals surface area contributed by atoms with Gasteiger partial charge in [-0.15, -0.1) is 0 Å². The van der Waals surface area contributed by atoms with Crippen molar-refractivity contribution in [3.8, 4) is 0 Å². The van der Waals surface area contributed by atoms with Gasteiger partial charge in [-0.1, -0.05) is 99.1 Å². The summed E-state index contributed by atoms with van der Waals surface area (Å²) >= 11 is 5.42. The van der Waals surface area contributed by atoms with E-state index in [1.807, 2.05) is 0 Å². The first-order chi connectivity index (χ1) is 9.36. The van der Waals surface area contributed by atoms with Crippen molar-refractivity contribution >= 4 is 45.2 Å². The first-order valence-electron chi connectivity index (χ1n) is 8.64. The highest BCUT2D eigenvalue weighted by atomic mass is 127. The SMILES string of the molecule is CCC(C)[C@H](C)[C@@H](C)C(I)CC(C)C1CCCC(I)C1. The van der Waals surface area contributed by atoms with Crippen LogP contribution in [0.5, 0.6) is 0 Å². The molecule has 0 nitrogen and oxygen atoms in total. The van der Waals surface area contributed by atoms with Crippen molar-refractivity contribution < 1.29 is 0 Å². The summed E-state index contributed by atoms with van der Waals surface area (Å²) < 4.78 is 1.79. The van der Waals surface area contributed by atoms with Gasteiger partial charge in [0.2, 0.25) is 0 Å². The largest absolute Gasteiger partial charge is 0.0826 e. The summed E-state index contributed by atoms with van der Waals surface area (Å²) in [7, 11) is 0. The quantitative estimate of drug-likeness (QED) is 0.256. The molecule has 0 saturated heterocycles. The lowest BCUT2D eigenvalue weighted by Crippen LogP contribution is -2.28. The van der Waals surface area contributed by atoms with E-state index in [4.69, 9.17) is 0 Å². The van der Waals surface area contributed by atoms with E-state index in [1.165, 1.54) is 38.5 Å². The average Bonchev–Trinajstić information content (AvgIpc) is 2.44. The van der Waals surface area contributed by atoms with Crippen LogP contribution in [0, 0.1) is 29.6 Å². The van der Waals surface area contributed by atoms with Crippen molar-refractivity contribution in [2.24, 2.45) is 29.6 Å². The third-order valence-electron chi connectivity index (χ3n) is 5.99. The van der Waals surface area contributed by atoms with Crippen molar-refractivity contribution in [2.45, 2.75) is 81.0 Å². The van der Waals surface area contributed by atoms with Gasteiger partial charge < -0.3 is 0 Å². The van der Waals surface area contributed by atoms with E-state index in [0.29, 0.717) is 0 Å². The molecule has 0 heterocycles. The Labute approximate surface area is 154 Å². The van der Waals surface area contributed by atoms with E-state index in [1.54, 1.807) is 0 Å². The van der Waals surface area contributed by atoms with Crippen LogP contribution < -0.4 is 0 Å². The third kappa shape index (κ3) is 5.92. The first kappa shape index (κ1) is 19.5. The maximum absolute atomic E-state index is 2.75. The van der Waals surface area contributed by atoms with Gasteiger partial charge in [-0.05, 0) is 48.9 Å². The van der Waals surface area contributed by atoms with E-state index in [0.717, 1.165) is 37.4 Å². The van der Waals surface area contributed by atoms with Gasteiger partial charge in [0.05, 0.1) is 0 Å². The van der Waals surface area contributed by atoms with Crippen molar-refractivity contribution in [3.05, 3.63) is 0 Å². The lowest BCUT2D eigenvalue weighted by Gasteiger charge is -2.35.